The van der Waals surface area contributed by atoms with E-state index in [9.17, 15) is 13.5 Å². The quantitative estimate of drug-likeness (QED) is 0.194. The monoisotopic (exact) mass is 573 g/mol. The van der Waals surface area contributed by atoms with Crippen molar-refractivity contribution in [2.75, 3.05) is 11.9 Å². The molecule has 5 N–H and O–H groups in total. The maximum Gasteiger partial charge on any atom is 0.281 e. The number of anilines is 1. The van der Waals surface area contributed by atoms with Gasteiger partial charge in [0.05, 0.1) is 22.8 Å². The molecule has 210 valence electrons. The van der Waals surface area contributed by atoms with Gasteiger partial charge in [0, 0.05) is 29.2 Å². The summed E-state index contributed by atoms with van der Waals surface area (Å²) in [4.78, 5) is 17.4. The Labute approximate surface area is 236 Å². The lowest BCUT2D eigenvalue weighted by Crippen LogP contribution is -2.27. The molecule has 3 heterocycles. The highest BCUT2D eigenvalue weighted by molar-refractivity contribution is 7.90. The van der Waals surface area contributed by atoms with Crippen molar-refractivity contribution in [2.45, 2.75) is 25.3 Å². The van der Waals surface area contributed by atoms with Crippen LogP contribution in [0.3, 0.4) is 0 Å². The van der Waals surface area contributed by atoms with Crippen LogP contribution in [0.2, 0.25) is 0 Å². The van der Waals surface area contributed by atoms with Crippen LogP contribution in [-0.4, -0.2) is 51.1 Å². The van der Waals surface area contributed by atoms with Crippen LogP contribution in [0.5, 0.6) is 5.75 Å². The average molecular weight is 574 g/mol. The van der Waals surface area contributed by atoms with Crippen LogP contribution >= 0.6 is 0 Å². The van der Waals surface area contributed by atoms with E-state index in [0.717, 1.165) is 11.3 Å². The average Bonchev–Trinajstić information content (AvgIpc) is 2.96. The predicted molar refractivity (Wildman–Crippen MR) is 152 cm³/mol. The normalized spacial score (nSPS) is 11.6. The zero-order valence-electron chi connectivity index (χ0n) is 22.5. The second kappa shape index (κ2) is 12.4. The van der Waals surface area contributed by atoms with Crippen LogP contribution in [-0.2, 0) is 16.6 Å². The first-order chi connectivity index (χ1) is 19.3. The molecule has 0 bridgehead atoms. The van der Waals surface area contributed by atoms with Gasteiger partial charge in [-0.05, 0) is 55.8 Å². The smallest absolute Gasteiger partial charge is 0.281 e. The topological polar surface area (TPSA) is 205 Å². The predicted octanol–water partition coefficient (Wildman–Crippen LogP) is 3.01. The number of sulfonamides is 1. The first kappa shape index (κ1) is 28.9. The second-order valence-corrected chi connectivity index (χ2v) is 10.4. The van der Waals surface area contributed by atoms with E-state index in [1.807, 2.05) is 32.0 Å². The Balaban J connectivity index is 0.00000387. The lowest BCUT2D eigenvalue weighted by molar-refractivity contribution is -0.220. The minimum absolute atomic E-state index is 0. The summed E-state index contributed by atoms with van der Waals surface area (Å²) in [7, 11) is -4.18. The number of quaternary nitrogens is 1. The number of aromatic nitrogens is 6. The third kappa shape index (κ3) is 6.93. The molecule has 41 heavy (non-hydrogen) atoms. The molecule has 0 fully saturated rings. The zero-order valence-corrected chi connectivity index (χ0v) is 23.3. The highest BCUT2D eigenvalue weighted by Crippen LogP contribution is 2.33. The molecule has 0 aliphatic heterocycles. The summed E-state index contributed by atoms with van der Waals surface area (Å²) in [5.74, 6) is 0.130. The third-order valence-corrected chi connectivity index (χ3v) is 6.96. The van der Waals surface area contributed by atoms with Crippen molar-refractivity contribution < 1.29 is 18.3 Å². The summed E-state index contributed by atoms with van der Waals surface area (Å²) in [6, 6.07) is 14.6. The molecule has 5 rings (SSSR count). The number of hydrogen-bond acceptors (Lipinski definition) is 11. The molecule has 0 radical (unpaired) electrons. The second-order valence-electron chi connectivity index (χ2n) is 8.76. The molecule has 14 heteroatoms. The largest absolute Gasteiger partial charge is 0.859 e. The van der Waals surface area contributed by atoms with Gasteiger partial charge in [0.1, 0.15) is 30.0 Å². The number of benzene rings is 2. The summed E-state index contributed by atoms with van der Waals surface area (Å²) in [6.45, 7) is 3.44. The Bertz CT molecular complexity index is 1780. The van der Waals surface area contributed by atoms with E-state index in [0.29, 0.717) is 40.3 Å². The molecule has 0 saturated heterocycles. The van der Waals surface area contributed by atoms with Crippen LogP contribution in [0.15, 0.2) is 82.6 Å². The summed E-state index contributed by atoms with van der Waals surface area (Å²) in [5, 5.41) is 24.6. The van der Waals surface area contributed by atoms with Gasteiger partial charge < -0.3 is 21.3 Å². The number of nitrogens with one attached hydrogen (secondary N) is 1. The Hall–Kier alpha value is -5.08. The first-order valence-electron chi connectivity index (χ1n) is 12.1. The minimum Gasteiger partial charge on any atom is -0.859 e. The van der Waals surface area contributed by atoms with Crippen molar-refractivity contribution in [1.29, 1.82) is 0 Å². The number of ether oxygens (including phenoxy) is 1. The zero-order chi connectivity index (χ0) is 28.1. The summed E-state index contributed by atoms with van der Waals surface area (Å²) < 4.78 is 34.1. The van der Waals surface area contributed by atoms with Crippen LogP contribution in [0.4, 0.5) is 5.82 Å². The van der Waals surface area contributed by atoms with Crippen LogP contribution < -0.4 is 21.3 Å². The van der Waals surface area contributed by atoms with E-state index in [1.165, 1.54) is 18.5 Å². The number of rotatable bonds is 9. The molecule has 0 unspecified atom stereocenters. The maximum absolute atomic E-state index is 12.5. The van der Waals surface area contributed by atoms with Crippen molar-refractivity contribution in [3.63, 3.8) is 0 Å². The van der Waals surface area contributed by atoms with E-state index in [2.05, 4.69) is 39.8 Å². The van der Waals surface area contributed by atoms with Crippen LogP contribution in [0, 0.1) is 13.8 Å². The number of hydrogen-bond donors (Lipinski definition) is 2. The standard InChI is InChI=1S/C27H24N8O4S.H3N/c1-17-12-28-26(29-13-17)19-10-22-25(31-16-32-27(22)30-14-20-9-8-18(2)33-34-20)23(11-19)39-15-24(36)35-40(37,38)21-6-4-3-5-7-21;/h3-13,16H,14-15H2,1-2H3,(H,35,36)(H,30,31,32);1H3. The minimum atomic E-state index is -4.18. The summed E-state index contributed by atoms with van der Waals surface area (Å²) in [6.07, 6.45) is 4.72. The maximum atomic E-state index is 12.5. The molecule has 3 aromatic heterocycles. The van der Waals surface area contributed by atoms with E-state index in [1.54, 1.807) is 36.7 Å². The number of fused-ring (bicyclic) bond motifs is 1. The molecule has 0 atom stereocenters. The fourth-order valence-corrected chi connectivity index (χ4v) is 4.62. The van der Waals surface area contributed by atoms with E-state index < -0.39 is 22.5 Å². The van der Waals surface area contributed by atoms with E-state index in [-0.39, 0.29) is 16.8 Å². The Morgan fingerprint density at radius 3 is 2.44 bits per heavy atom. The molecule has 0 aliphatic carbocycles. The van der Waals surface area contributed by atoms with Crippen molar-refractivity contribution in [1.82, 2.24) is 36.3 Å². The third-order valence-electron chi connectivity index (χ3n) is 5.65. The fraction of sp³-hybridized carbons (Fsp3) is 0.148. The molecular weight excluding hydrogens is 546 g/mol. The molecule has 0 spiro atoms. The van der Waals surface area contributed by atoms with Gasteiger partial charge in [0.2, 0.25) is 0 Å². The molecule has 5 aromatic rings. The van der Waals surface area contributed by atoms with Crippen molar-refractivity contribution >= 4 is 32.6 Å². The first-order valence-corrected chi connectivity index (χ1v) is 13.5. The molecule has 13 nitrogen and oxygen atoms in total. The molecule has 0 amide bonds. The van der Waals surface area contributed by atoms with E-state index in [4.69, 9.17) is 4.74 Å². The number of aryl methyl sites for hydroxylation is 2. The Morgan fingerprint density at radius 1 is 0.976 bits per heavy atom. The van der Waals surface area contributed by atoms with Gasteiger partial charge in [0.15, 0.2) is 5.82 Å². The lowest BCUT2D eigenvalue weighted by atomic mass is 10.1. The molecule has 0 saturated carbocycles. The van der Waals surface area contributed by atoms with Crippen molar-refractivity contribution in [3.05, 3.63) is 90.3 Å². The summed E-state index contributed by atoms with van der Waals surface area (Å²) >= 11 is 0. The molecule has 0 aliphatic rings. The van der Waals surface area contributed by atoms with Gasteiger partial charge in [-0.25, -0.2) is 19.9 Å². The van der Waals surface area contributed by atoms with Gasteiger partial charge in [-0.3, -0.25) is 0 Å². The van der Waals surface area contributed by atoms with Crippen molar-refractivity contribution in [3.8, 4) is 17.1 Å². The van der Waals surface area contributed by atoms with Crippen LogP contribution in [0.1, 0.15) is 17.0 Å². The Morgan fingerprint density at radius 2 is 1.73 bits per heavy atom. The van der Waals surface area contributed by atoms with Gasteiger partial charge in [-0.2, -0.15) is 23.0 Å². The highest BCUT2D eigenvalue weighted by Gasteiger charge is 2.15. The van der Waals surface area contributed by atoms with Gasteiger partial charge >= 0.3 is 0 Å². The van der Waals surface area contributed by atoms with Crippen molar-refractivity contribution in [2.24, 2.45) is 4.40 Å². The molecular formula is C27H27N9O4S. The SMILES string of the molecule is Cc1cnc(-c2cc(OC/C([O-])=N/S(=O)(=O)c3ccccc3)c3ncnc(NCc4ccc(C)nn4)c3c2)nc1.[NH4+]. The van der Waals surface area contributed by atoms with Gasteiger partial charge in [-0.1, -0.05) is 18.2 Å². The Kier molecular flexibility index (Phi) is 8.75. The molecule has 2 aromatic carbocycles. The van der Waals surface area contributed by atoms with Gasteiger partial charge in [-0.15, -0.1) is 0 Å². The highest BCUT2D eigenvalue weighted by atomic mass is 32.2. The summed E-state index contributed by atoms with van der Waals surface area (Å²) in [5.41, 5.74) is 3.37. The number of nitrogens with zero attached hydrogens (tertiary/aromatic N) is 7. The van der Waals surface area contributed by atoms with E-state index >= 15 is 0 Å². The van der Waals surface area contributed by atoms with Crippen LogP contribution in [0.25, 0.3) is 22.3 Å². The fourth-order valence-electron chi connectivity index (χ4n) is 3.70. The lowest BCUT2D eigenvalue weighted by Gasteiger charge is -2.16. The van der Waals surface area contributed by atoms with Gasteiger partial charge in [0.25, 0.3) is 10.0 Å².